The molecule has 3 aromatic rings. The average molecular weight is 498 g/mol. The van der Waals surface area contributed by atoms with Crippen LogP contribution in [0.5, 0.6) is 0 Å². The monoisotopic (exact) mass is 497 g/mol. The van der Waals surface area contributed by atoms with Gasteiger partial charge in [0.05, 0.1) is 17.9 Å². The van der Waals surface area contributed by atoms with Gasteiger partial charge in [0.25, 0.3) is 0 Å². The zero-order valence-corrected chi connectivity index (χ0v) is 20.7. The van der Waals surface area contributed by atoms with Crippen molar-refractivity contribution >= 4 is 40.0 Å². The maximum absolute atomic E-state index is 12.9. The summed E-state index contributed by atoms with van der Waals surface area (Å²) in [7, 11) is 0. The standard InChI is InChI=1S/C24H27N5O3S2/c1-3-13-29-21(16-9-8-12-25-14-16)27-28-24(29)33-15-19(30)26-22-20(23(31)32-4-2)17-10-6-5-7-11-18(17)34-22/h3,8-9,12,14H,1,4-7,10-11,13,15H2,2H3,(H,26,30). The van der Waals surface area contributed by atoms with Gasteiger partial charge in [0.15, 0.2) is 11.0 Å². The third-order valence-corrected chi connectivity index (χ3v) is 7.61. The number of anilines is 1. The van der Waals surface area contributed by atoms with Crippen LogP contribution < -0.4 is 5.32 Å². The second-order valence-corrected chi connectivity index (χ2v) is 9.82. The summed E-state index contributed by atoms with van der Waals surface area (Å²) in [5.74, 6) is 0.231. The van der Waals surface area contributed by atoms with Gasteiger partial charge in [0.1, 0.15) is 5.00 Å². The van der Waals surface area contributed by atoms with Crippen molar-refractivity contribution in [1.82, 2.24) is 19.7 Å². The van der Waals surface area contributed by atoms with Crippen molar-refractivity contribution in [2.24, 2.45) is 0 Å². The normalized spacial score (nSPS) is 13.1. The number of nitrogens with zero attached hydrogens (tertiary/aromatic N) is 4. The number of fused-ring (bicyclic) bond motifs is 1. The summed E-state index contributed by atoms with van der Waals surface area (Å²) < 4.78 is 7.21. The molecule has 3 heterocycles. The van der Waals surface area contributed by atoms with Gasteiger partial charge in [-0.25, -0.2) is 4.79 Å². The van der Waals surface area contributed by atoms with Crippen molar-refractivity contribution in [3.8, 4) is 11.4 Å². The number of rotatable bonds is 9. The summed E-state index contributed by atoms with van der Waals surface area (Å²) in [6.07, 6.45) is 10.2. The summed E-state index contributed by atoms with van der Waals surface area (Å²) in [6, 6.07) is 3.75. The van der Waals surface area contributed by atoms with E-state index < -0.39 is 0 Å². The van der Waals surface area contributed by atoms with Crippen molar-refractivity contribution in [2.75, 3.05) is 17.7 Å². The minimum atomic E-state index is -0.364. The molecule has 3 aromatic heterocycles. The second kappa shape index (κ2) is 11.4. The van der Waals surface area contributed by atoms with Crippen molar-refractivity contribution in [3.63, 3.8) is 0 Å². The fourth-order valence-electron chi connectivity index (χ4n) is 3.94. The van der Waals surface area contributed by atoms with Crippen LogP contribution in [0, 0.1) is 0 Å². The Morgan fingerprint density at radius 3 is 2.91 bits per heavy atom. The molecule has 10 heteroatoms. The zero-order chi connectivity index (χ0) is 23.9. The Labute approximate surface area is 206 Å². The number of hydrogen-bond donors (Lipinski definition) is 1. The molecule has 8 nitrogen and oxygen atoms in total. The molecule has 0 aliphatic heterocycles. The van der Waals surface area contributed by atoms with Crippen molar-refractivity contribution in [3.05, 3.63) is 53.2 Å². The molecule has 1 aliphatic carbocycles. The van der Waals surface area contributed by atoms with Gasteiger partial charge in [-0.15, -0.1) is 28.1 Å². The highest BCUT2D eigenvalue weighted by Crippen LogP contribution is 2.38. The molecule has 0 fully saturated rings. The van der Waals surface area contributed by atoms with E-state index in [1.54, 1.807) is 25.4 Å². The zero-order valence-electron chi connectivity index (χ0n) is 19.1. The van der Waals surface area contributed by atoms with Crippen LogP contribution in [-0.2, 0) is 28.9 Å². The first-order valence-electron chi connectivity index (χ1n) is 11.3. The Kier molecular flexibility index (Phi) is 8.12. The Bertz CT molecular complexity index is 1170. The molecule has 1 N–H and O–H groups in total. The van der Waals surface area contributed by atoms with E-state index in [-0.39, 0.29) is 17.6 Å². The first-order valence-corrected chi connectivity index (χ1v) is 13.1. The molecule has 0 bridgehead atoms. The quantitative estimate of drug-likeness (QED) is 0.197. The van der Waals surface area contributed by atoms with Gasteiger partial charge >= 0.3 is 5.97 Å². The Balaban J connectivity index is 1.50. The van der Waals surface area contributed by atoms with Gasteiger partial charge in [0.2, 0.25) is 5.91 Å². The van der Waals surface area contributed by atoms with Crippen LogP contribution in [0.4, 0.5) is 5.00 Å². The minimum Gasteiger partial charge on any atom is -0.462 e. The number of hydrogen-bond acceptors (Lipinski definition) is 8. The maximum atomic E-state index is 12.9. The van der Waals surface area contributed by atoms with E-state index in [0.717, 1.165) is 43.2 Å². The summed E-state index contributed by atoms with van der Waals surface area (Å²) in [6.45, 7) is 6.41. The molecule has 0 unspecified atom stereocenters. The van der Waals surface area contributed by atoms with Crippen LogP contribution in [0.1, 0.15) is 47.0 Å². The van der Waals surface area contributed by atoms with Gasteiger partial charge in [-0.05, 0) is 50.3 Å². The van der Waals surface area contributed by atoms with Crippen molar-refractivity contribution in [1.29, 1.82) is 0 Å². The molecule has 1 aliphatic rings. The van der Waals surface area contributed by atoms with E-state index in [1.165, 1.54) is 28.0 Å². The summed E-state index contributed by atoms with van der Waals surface area (Å²) in [4.78, 5) is 30.9. The Morgan fingerprint density at radius 1 is 1.29 bits per heavy atom. The van der Waals surface area contributed by atoms with E-state index >= 15 is 0 Å². The molecule has 0 saturated heterocycles. The molecule has 0 atom stereocenters. The molecule has 178 valence electrons. The van der Waals surface area contributed by atoms with Crippen LogP contribution in [0.2, 0.25) is 0 Å². The summed E-state index contributed by atoms with van der Waals surface area (Å²) >= 11 is 2.79. The molecule has 0 radical (unpaired) electrons. The van der Waals surface area contributed by atoms with Crippen LogP contribution in [0.15, 0.2) is 42.3 Å². The lowest BCUT2D eigenvalue weighted by Gasteiger charge is -2.09. The maximum Gasteiger partial charge on any atom is 0.341 e. The van der Waals surface area contributed by atoms with Gasteiger partial charge in [-0.1, -0.05) is 24.3 Å². The SMILES string of the molecule is C=CCn1c(SCC(=O)Nc2sc3c(c2C(=O)OCC)CCCCC3)nnc1-c1cccnc1. The molecule has 0 saturated carbocycles. The van der Waals surface area contributed by atoms with Gasteiger partial charge in [0, 0.05) is 29.4 Å². The number of thiophene rings is 1. The smallest absolute Gasteiger partial charge is 0.341 e. The number of esters is 1. The highest BCUT2D eigenvalue weighted by molar-refractivity contribution is 7.99. The van der Waals surface area contributed by atoms with E-state index in [0.29, 0.717) is 34.7 Å². The molecular weight excluding hydrogens is 470 g/mol. The van der Waals surface area contributed by atoms with Crippen LogP contribution in [0.3, 0.4) is 0 Å². The van der Waals surface area contributed by atoms with Gasteiger partial charge in [-0.3, -0.25) is 14.3 Å². The number of ether oxygens (including phenoxy) is 1. The predicted molar refractivity (Wildman–Crippen MR) is 134 cm³/mol. The number of nitrogens with one attached hydrogen (secondary N) is 1. The highest BCUT2D eigenvalue weighted by atomic mass is 32.2. The topological polar surface area (TPSA) is 99.0 Å². The fourth-order valence-corrected chi connectivity index (χ4v) is 5.98. The van der Waals surface area contributed by atoms with E-state index in [4.69, 9.17) is 4.74 Å². The molecule has 0 spiro atoms. The average Bonchev–Trinajstić information content (AvgIpc) is 3.31. The molecule has 1 amide bonds. The molecule has 34 heavy (non-hydrogen) atoms. The summed E-state index contributed by atoms with van der Waals surface area (Å²) in [5, 5.41) is 12.7. The molecular formula is C24H27N5O3S2. The van der Waals surface area contributed by atoms with Gasteiger partial charge in [-0.2, -0.15) is 0 Å². The van der Waals surface area contributed by atoms with Crippen molar-refractivity contribution in [2.45, 2.75) is 50.7 Å². The van der Waals surface area contributed by atoms with E-state index in [2.05, 4.69) is 27.1 Å². The largest absolute Gasteiger partial charge is 0.462 e. The lowest BCUT2D eigenvalue weighted by atomic mass is 10.1. The second-order valence-electron chi connectivity index (χ2n) is 7.77. The number of thioether (sulfide) groups is 1. The number of amides is 1. The van der Waals surface area contributed by atoms with Crippen molar-refractivity contribution < 1.29 is 14.3 Å². The number of carbonyl (C=O) groups excluding carboxylic acids is 2. The molecule has 0 aromatic carbocycles. The predicted octanol–water partition coefficient (Wildman–Crippen LogP) is 4.76. The van der Waals surface area contributed by atoms with Crippen LogP contribution >= 0.6 is 23.1 Å². The first-order chi connectivity index (χ1) is 16.6. The number of carbonyl (C=O) groups is 2. The number of aromatic nitrogens is 4. The van der Waals surface area contributed by atoms with E-state index in [1.807, 2.05) is 16.7 Å². The third kappa shape index (κ3) is 5.39. The number of pyridine rings is 1. The highest BCUT2D eigenvalue weighted by Gasteiger charge is 2.26. The lowest BCUT2D eigenvalue weighted by molar-refractivity contribution is -0.113. The number of aryl methyl sites for hydroxylation is 1. The number of allylic oxidation sites excluding steroid dienone is 1. The van der Waals surface area contributed by atoms with Crippen LogP contribution in [0.25, 0.3) is 11.4 Å². The summed E-state index contributed by atoms with van der Waals surface area (Å²) in [5.41, 5.74) is 2.40. The van der Waals surface area contributed by atoms with Gasteiger partial charge < -0.3 is 10.1 Å². The fraction of sp³-hybridized carbons (Fsp3) is 0.375. The van der Waals surface area contributed by atoms with Crippen LogP contribution in [-0.4, -0.2) is 44.0 Å². The Hall–Kier alpha value is -2.98. The first kappa shape index (κ1) is 24.2. The van der Waals surface area contributed by atoms with E-state index in [9.17, 15) is 9.59 Å². The lowest BCUT2D eigenvalue weighted by Crippen LogP contribution is -2.17. The molecule has 4 rings (SSSR count). The minimum absolute atomic E-state index is 0.132. The Morgan fingerprint density at radius 2 is 2.15 bits per heavy atom. The third-order valence-electron chi connectivity index (χ3n) is 5.43.